The molecule has 6 heteroatoms. The molecule has 0 spiro atoms. The summed E-state index contributed by atoms with van der Waals surface area (Å²) in [4.78, 5) is 4.77. The van der Waals surface area contributed by atoms with Crippen molar-refractivity contribution in [3.05, 3.63) is 87.7 Å². The van der Waals surface area contributed by atoms with E-state index in [0.29, 0.717) is 29.0 Å². The first-order valence-electron chi connectivity index (χ1n) is 10.2. The summed E-state index contributed by atoms with van der Waals surface area (Å²) in [6.45, 7) is 5.85. The van der Waals surface area contributed by atoms with E-state index in [-0.39, 0.29) is 0 Å². The standard InChI is InChI=1S/C25H24Cl2N2O2/c1-17-8-9-18(2)24(14-17)30-13-5-12-29-22-7-4-3-6-21(22)28-25(29)16-31-23-11-10-19(26)15-20(23)27/h3-4,6-11,14-15H,5,12-13,16H2,1-2H3. The molecule has 0 amide bonds. The zero-order valence-corrected chi connectivity index (χ0v) is 19.1. The van der Waals surface area contributed by atoms with Crippen LogP contribution in [0.1, 0.15) is 23.4 Å². The van der Waals surface area contributed by atoms with Crippen molar-refractivity contribution >= 4 is 34.2 Å². The van der Waals surface area contributed by atoms with E-state index in [1.807, 2.05) is 18.2 Å². The van der Waals surface area contributed by atoms with Gasteiger partial charge in [-0.25, -0.2) is 4.98 Å². The minimum absolute atomic E-state index is 0.313. The van der Waals surface area contributed by atoms with Gasteiger partial charge in [0.15, 0.2) is 0 Å². The molecule has 4 nitrogen and oxygen atoms in total. The molecule has 0 saturated heterocycles. The summed E-state index contributed by atoms with van der Waals surface area (Å²) in [6, 6.07) is 19.6. The maximum Gasteiger partial charge on any atom is 0.148 e. The molecule has 160 valence electrons. The molecule has 0 aliphatic carbocycles. The van der Waals surface area contributed by atoms with Crippen LogP contribution in [-0.4, -0.2) is 16.2 Å². The van der Waals surface area contributed by atoms with E-state index in [1.54, 1.807) is 18.2 Å². The average Bonchev–Trinajstić information content (AvgIpc) is 3.10. The van der Waals surface area contributed by atoms with Gasteiger partial charge in [-0.05, 0) is 67.8 Å². The Morgan fingerprint density at radius 2 is 1.74 bits per heavy atom. The van der Waals surface area contributed by atoms with E-state index in [1.165, 1.54) is 5.56 Å². The van der Waals surface area contributed by atoms with Gasteiger partial charge in [0.05, 0.1) is 22.7 Å². The minimum atomic E-state index is 0.313. The van der Waals surface area contributed by atoms with Crippen LogP contribution in [0.2, 0.25) is 10.0 Å². The Kier molecular flexibility index (Phi) is 6.69. The summed E-state index contributed by atoms with van der Waals surface area (Å²) >= 11 is 12.2. The summed E-state index contributed by atoms with van der Waals surface area (Å²) in [6.07, 6.45) is 0.850. The topological polar surface area (TPSA) is 36.3 Å². The number of fused-ring (bicyclic) bond motifs is 1. The van der Waals surface area contributed by atoms with Crippen molar-refractivity contribution in [2.24, 2.45) is 0 Å². The summed E-state index contributed by atoms with van der Waals surface area (Å²) in [7, 11) is 0. The van der Waals surface area contributed by atoms with Gasteiger partial charge in [0, 0.05) is 11.6 Å². The Hall–Kier alpha value is -2.69. The van der Waals surface area contributed by atoms with Crippen LogP contribution in [0.15, 0.2) is 60.7 Å². The molecule has 0 aliphatic rings. The fourth-order valence-electron chi connectivity index (χ4n) is 3.49. The lowest BCUT2D eigenvalue weighted by molar-refractivity contribution is 0.280. The quantitative estimate of drug-likeness (QED) is 0.268. The van der Waals surface area contributed by atoms with E-state index in [0.717, 1.165) is 41.1 Å². The summed E-state index contributed by atoms with van der Waals surface area (Å²) in [5.41, 5.74) is 4.36. The largest absolute Gasteiger partial charge is 0.493 e. The number of para-hydroxylation sites is 2. The van der Waals surface area contributed by atoms with Gasteiger partial charge in [0.1, 0.15) is 23.9 Å². The van der Waals surface area contributed by atoms with Gasteiger partial charge in [-0.1, -0.05) is 47.5 Å². The third-order valence-electron chi connectivity index (χ3n) is 5.11. The highest BCUT2D eigenvalue weighted by molar-refractivity contribution is 6.35. The van der Waals surface area contributed by atoms with Crippen LogP contribution < -0.4 is 9.47 Å². The summed E-state index contributed by atoms with van der Waals surface area (Å²) in [5, 5.41) is 1.06. The minimum Gasteiger partial charge on any atom is -0.493 e. The number of halogens is 2. The molecule has 4 rings (SSSR count). The lowest BCUT2D eigenvalue weighted by Crippen LogP contribution is -2.10. The maximum atomic E-state index is 6.25. The van der Waals surface area contributed by atoms with Gasteiger partial charge in [-0.3, -0.25) is 0 Å². The molecule has 3 aromatic carbocycles. The molecule has 0 fully saturated rings. The molecule has 0 atom stereocenters. The molecule has 0 aliphatic heterocycles. The highest BCUT2D eigenvalue weighted by atomic mass is 35.5. The highest BCUT2D eigenvalue weighted by Gasteiger charge is 2.12. The number of benzene rings is 3. The van der Waals surface area contributed by atoms with Crippen LogP contribution in [0.5, 0.6) is 11.5 Å². The van der Waals surface area contributed by atoms with E-state index < -0.39 is 0 Å². The van der Waals surface area contributed by atoms with Crippen LogP contribution in [0.3, 0.4) is 0 Å². The van der Waals surface area contributed by atoms with E-state index in [4.69, 9.17) is 37.7 Å². The zero-order chi connectivity index (χ0) is 21.8. The Bertz CT molecular complexity index is 1200. The Morgan fingerprint density at radius 3 is 2.58 bits per heavy atom. The van der Waals surface area contributed by atoms with Crippen molar-refractivity contribution in [3.8, 4) is 11.5 Å². The van der Waals surface area contributed by atoms with Crippen molar-refractivity contribution in [3.63, 3.8) is 0 Å². The van der Waals surface area contributed by atoms with Crippen LogP contribution in [-0.2, 0) is 13.2 Å². The molecule has 1 heterocycles. The molecule has 31 heavy (non-hydrogen) atoms. The SMILES string of the molecule is Cc1ccc(C)c(OCCCn2c(COc3ccc(Cl)cc3Cl)nc3ccccc32)c1. The first kappa shape index (κ1) is 21.5. The predicted molar refractivity (Wildman–Crippen MR) is 127 cm³/mol. The molecule has 0 unspecified atom stereocenters. The van der Waals surface area contributed by atoms with Crippen LogP contribution in [0, 0.1) is 13.8 Å². The number of hydrogen-bond donors (Lipinski definition) is 0. The predicted octanol–water partition coefficient (Wildman–Crippen LogP) is 7.01. The van der Waals surface area contributed by atoms with Crippen molar-refractivity contribution < 1.29 is 9.47 Å². The van der Waals surface area contributed by atoms with E-state index in [2.05, 4.69) is 42.7 Å². The number of nitrogens with zero attached hydrogens (tertiary/aromatic N) is 2. The number of aryl methyl sites for hydroxylation is 3. The first-order chi connectivity index (χ1) is 15.0. The van der Waals surface area contributed by atoms with Gasteiger partial charge in [-0.2, -0.15) is 0 Å². The van der Waals surface area contributed by atoms with Gasteiger partial charge < -0.3 is 14.0 Å². The second-order valence-corrected chi connectivity index (χ2v) is 8.35. The van der Waals surface area contributed by atoms with Gasteiger partial charge >= 0.3 is 0 Å². The second kappa shape index (κ2) is 9.63. The van der Waals surface area contributed by atoms with Gasteiger partial charge in [0.2, 0.25) is 0 Å². The number of imidazole rings is 1. The normalized spacial score (nSPS) is 11.1. The maximum absolute atomic E-state index is 6.25. The zero-order valence-electron chi connectivity index (χ0n) is 17.6. The molecular weight excluding hydrogens is 431 g/mol. The number of rotatable bonds is 8. The Balaban J connectivity index is 1.46. The summed E-state index contributed by atoms with van der Waals surface area (Å²) in [5.74, 6) is 2.37. The second-order valence-electron chi connectivity index (χ2n) is 7.50. The Labute approximate surface area is 192 Å². The summed E-state index contributed by atoms with van der Waals surface area (Å²) < 4.78 is 14.2. The van der Waals surface area contributed by atoms with Crippen molar-refractivity contribution in [2.45, 2.75) is 33.4 Å². The molecule has 4 aromatic rings. The van der Waals surface area contributed by atoms with E-state index >= 15 is 0 Å². The van der Waals surface area contributed by atoms with Crippen molar-refractivity contribution in [1.29, 1.82) is 0 Å². The number of aromatic nitrogens is 2. The Morgan fingerprint density at radius 1 is 0.903 bits per heavy atom. The van der Waals surface area contributed by atoms with Crippen LogP contribution >= 0.6 is 23.2 Å². The smallest absolute Gasteiger partial charge is 0.148 e. The first-order valence-corrected chi connectivity index (χ1v) is 11.0. The van der Waals surface area contributed by atoms with Crippen LogP contribution in [0.4, 0.5) is 0 Å². The van der Waals surface area contributed by atoms with E-state index in [9.17, 15) is 0 Å². The molecular formula is C25H24Cl2N2O2. The van der Waals surface area contributed by atoms with Gasteiger partial charge in [-0.15, -0.1) is 0 Å². The fourth-order valence-corrected chi connectivity index (χ4v) is 3.95. The molecule has 0 radical (unpaired) electrons. The number of ether oxygens (including phenoxy) is 2. The lowest BCUT2D eigenvalue weighted by Gasteiger charge is -2.13. The fraction of sp³-hybridized carbons (Fsp3) is 0.240. The molecule has 0 saturated carbocycles. The highest BCUT2D eigenvalue weighted by Crippen LogP contribution is 2.28. The molecule has 0 N–H and O–H groups in total. The van der Waals surface area contributed by atoms with Gasteiger partial charge in [0.25, 0.3) is 0 Å². The van der Waals surface area contributed by atoms with Crippen molar-refractivity contribution in [2.75, 3.05) is 6.61 Å². The molecule has 0 bridgehead atoms. The average molecular weight is 455 g/mol. The lowest BCUT2D eigenvalue weighted by atomic mass is 10.1. The third kappa shape index (κ3) is 5.15. The number of hydrogen-bond acceptors (Lipinski definition) is 3. The third-order valence-corrected chi connectivity index (χ3v) is 5.64. The van der Waals surface area contributed by atoms with Crippen LogP contribution in [0.25, 0.3) is 11.0 Å². The monoisotopic (exact) mass is 454 g/mol. The molecule has 1 aromatic heterocycles. The van der Waals surface area contributed by atoms with Crippen molar-refractivity contribution in [1.82, 2.24) is 9.55 Å².